The maximum absolute atomic E-state index is 12.9. The Hall–Kier alpha value is -1.62. The maximum Gasteiger partial charge on any atom is 0.410 e. The van der Waals surface area contributed by atoms with Crippen LogP contribution in [0.3, 0.4) is 0 Å². The van der Waals surface area contributed by atoms with E-state index in [1.165, 1.54) is 12.1 Å². The van der Waals surface area contributed by atoms with Crippen molar-refractivity contribution in [1.29, 1.82) is 0 Å². The van der Waals surface area contributed by atoms with Crippen molar-refractivity contribution in [2.45, 2.75) is 51.8 Å². The minimum Gasteiger partial charge on any atom is -0.444 e. The van der Waals surface area contributed by atoms with E-state index in [1.807, 2.05) is 40.0 Å². The standard InChI is InChI=1S/C18H27FN2O2/c1-18(2,3)23-17(22)20(4)16-9-11-21(12-10-16)13-14-5-7-15(19)8-6-14/h5-8,16H,9-13H2,1-4H3. The average molecular weight is 322 g/mol. The molecule has 128 valence electrons. The lowest BCUT2D eigenvalue weighted by Gasteiger charge is -2.37. The normalized spacial score (nSPS) is 17.1. The van der Waals surface area contributed by atoms with Crippen LogP contribution < -0.4 is 0 Å². The van der Waals surface area contributed by atoms with Gasteiger partial charge < -0.3 is 9.64 Å². The summed E-state index contributed by atoms with van der Waals surface area (Å²) in [5.74, 6) is -0.202. The van der Waals surface area contributed by atoms with Gasteiger partial charge in [-0.1, -0.05) is 12.1 Å². The van der Waals surface area contributed by atoms with E-state index in [2.05, 4.69) is 4.90 Å². The molecule has 1 aromatic rings. The molecule has 1 aliphatic heterocycles. The van der Waals surface area contributed by atoms with Crippen LogP contribution in [0.15, 0.2) is 24.3 Å². The summed E-state index contributed by atoms with van der Waals surface area (Å²) in [5, 5.41) is 0. The van der Waals surface area contributed by atoms with Crippen molar-refractivity contribution in [1.82, 2.24) is 9.80 Å². The van der Waals surface area contributed by atoms with Gasteiger partial charge in [0.1, 0.15) is 11.4 Å². The van der Waals surface area contributed by atoms with E-state index in [0.717, 1.165) is 38.0 Å². The molecule has 1 fully saturated rings. The van der Waals surface area contributed by atoms with Crippen molar-refractivity contribution in [3.63, 3.8) is 0 Å². The molecule has 1 saturated heterocycles. The van der Waals surface area contributed by atoms with E-state index < -0.39 is 5.60 Å². The first-order valence-corrected chi connectivity index (χ1v) is 8.17. The number of hydrogen-bond donors (Lipinski definition) is 0. The molecule has 0 aliphatic carbocycles. The van der Waals surface area contributed by atoms with Crippen LogP contribution in [0.1, 0.15) is 39.2 Å². The summed E-state index contributed by atoms with van der Waals surface area (Å²) in [5.41, 5.74) is 0.652. The van der Waals surface area contributed by atoms with Crippen LogP contribution in [-0.2, 0) is 11.3 Å². The van der Waals surface area contributed by atoms with Crippen LogP contribution in [0.25, 0.3) is 0 Å². The van der Waals surface area contributed by atoms with Gasteiger partial charge in [0.2, 0.25) is 0 Å². The predicted molar refractivity (Wildman–Crippen MR) is 88.7 cm³/mol. The monoisotopic (exact) mass is 322 g/mol. The second-order valence-electron chi connectivity index (χ2n) is 7.23. The molecule has 1 aromatic carbocycles. The SMILES string of the molecule is CN(C(=O)OC(C)(C)C)C1CCN(Cc2ccc(F)cc2)CC1. The molecule has 0 unspecified atom stereocenters. The largest absolute Gasteiger partial charge is 0.444 e. The number of likely N-dealkylation sites (tertiary alicyclic amines) is 1. The summed E-state index contributed by atoms with van der Waals surface area (Å²) in [7, 11) is 1.81. The summed E-state index contributed by atoms with van der Waals surface area (Å²) >= 11 is 0. The lowest BCUT2D eigenvalue weighted by Crippen LogP contribution is -2.46. The zero-order valence-corrected chi connectivity index (χ0v) is 14.5. The molecule has 5 heteroatoms. The van der Waals surface area contributed by atoms with E-state index >= 15 is 0 Å². The van der Waals surface area contributed by atoms with Crippen molar-refractivity contribution in [2.24, 2.45) is 0 Å². The Balaban J connectivity index is 1.81. The summed E-state index contributed by atoms with van der Waals surface area (Å²) in [6.07, 6.45) is 1.60. The minimum absolute atomic E-state index is 0.202. The number of piperidine rings is 1. The second kappa shape index (κ2) is 7.30. The van der Waals surface area contributed by atoms with Gasteiger partial charge in [-0.3, -0.25) is 4.90 Å². The molecule has 23 heavy (non-hydrogen) atoms. The summed E-state index contributed by atoms with van der Waals surface area (Å²) in [4.78, 5) is 16.2. The van der Waals surface area contributed by atoms with E-state index in [1.54, 1.807) is 4.90 Å². The molecule has 0 spiro atoms. The van der Waals surface area contributed by atoms with E-state index in [0.29, 0.717) is 0 Å². The Morgan fingerprint density at radius 3 is 2.35 bits per heavy atom. The van der Waals surface area contributed by atoms with Crippen molar-refractivity contribution in [2.75, 3.05) is 20.1 Å². The smallest absolute Gasteiger partial charge is 0.410 e. The quantitative estimate of drug-likeness (QED) is 0.851. The van der Waals surface area contributed by atoms with Gasteiger partial charge in [-0.25, -0.2) is 9.18 Å². The minimum atomic E-state index is -0.464. The zero-order valence-electron chi connectivity index (χ0n) is 14.5. The molecule has 2 rings (SSSR count). The van der Waals surface area contributed by atoms with Gasteiger partial charge in [-0.2, -0.15) is 0 Å². The van der Waals surface area contributed by atoms with E-state index in [-0.39, 0.29) is 18.0 Å². The lowest BCUT2D eigenvalue weighted by molar-refractivity contribution is 0.0149. The number of halogens is 1. The van der Waals surface area contributed by atoms with Gasteiger partial charge in [0.05, 0.1) is 0 Å². The fourth-order valence-corrected chi connectivity index (χ4v) is 2.80. The highest BCUT2D eigenvalue weighted by Gasteiger charge is 2.28. The number of ether oxygens (including phenoxy) is 1. The number of hydrogen-bond acceptors (Lipinski definition) is 3. The Bertz CT molecular complexity index is 517. The second-order valence-corrected chi connectivity index (χ2v) is 7.23. The summed E-state index contributed by atoms with van der Waals surface area (Å²) in [6.45, 7) is 8.31. The Morgan fingerprint density at radius 1 is 1.26 bits per heavy atom. The molecule has 0 saturated carbocycles. The van der Waals surface area contributed by atoms with Crippen molar-refractivity contribution in [3.8, 4) is 0 Å². The van der Waals surface area contributed by atoms with Crippen molar-refractivity contribution < 1.29 is 13.9 Å². The number of carbonyl (C=O) groups is 1. The average Bonchev–Trinajstić information content (AvgIpc) is 2.48. The third-order valence-electron chi connectivity index (χ3n) is 4.11. The van der Waals surface area contributed by atoms with Crippen LogP contribution in [0.4, 0.5) is 9.18 Å². The molecule has 1 aliphatic rings. The molecule has 0 aromatic heterocycles. The van der Waals surface area contributed by atoms with Gasteiger partial charge >= 0.3 is 6.09 Å². The number of rotatable bonds is 3. The van der Waals surface area contributed by atoms with E-state index in [4.69, 9.17) is 4.74 Å². The summed E-state index contributed by atoms with van der Waals surface area (Å²) < 4.78 is 18.4. The maximum atomic E-state index is 12.9. The van der Waals surface area contributed by atoms with E-state index in [9.17, 15) is 9.18 Å². The van der Waals surface area contributed by atoms with Gasteiger partial charge in [0.25, 0.3) is 0 Å². The van der Waals surface area contributed by atoms with Gasteiger partial charge in [0, 0.05) is 32.7 Å². The van der Waals surface area contributed by atoms with Gasteiger partial charge in [-0.05, 0) is 51.3 Å². The van der Waals surface area contributed by atoms with Gasteiger partial charge in [-0.15, -0.1) is 0 Å². The zero-order chi connectivity index (χ0) is 17.0. The van der Waals surface area contributed by atoms with Crippen LogP contribution in [0.5, 0.6) is 0 Å². The summed E-state index contributed by atoms with van der Waals surface area (Å²) in [6, 6.07) is 6.87. The fraction of sp³-hybridized carbons (Fsp3) is 0.611. The lowest BCUT2D eigenvalue weighted by atomic mass is 10.0. The Morgan fingerprint density at radius 2 is 1.83 bits per heavy atom. The van der Waals surface area contributed by atoms with Crippen LogP contribution >= 0.6 is 0 Å². The predicted octanol–water partition coefficient (Wildman–Crippen LogP) is 3.66. The highest BCUT2D eigenvalue weighted by molar-refractivity contribution is 5.68. The van der Waals surface area contributed by atoms with Crippen LogP contribution in [0, 0.1) is 5.82 Å². The van der Waals surface area contributed by atoms with Crippen molar-refractivity contribution >= 4 is 6.09 Å². The first kappa shape index (κ1) is 17.7. The molecule has 1 heterocycles. The Labute approximate surface area is 138 Å². The molecule has 1 amide bonds. The third-order valence-corrected chi connectivity index (χ3v) is 4.11. The molecular weight excluding hydrogens is 295 g/mol. The molecule has 0 radical (unpaired) electrons. The molecular formula is C18H27FN2O2. The molecule has 0 atom stereocenters. The van der Waals surface area contributed by atoms with Crippen LogP contribution in [0.2, 0.25) is 0 Å². The first-order chi connectivity index (χ1) is 10.7. The number of amides is 1. The highest BCUT2D eigenvalue weighted by atomic mass is 19.1. The number of nitrogens with zero attached hydrogens (tertiary/aromatic N) is 2. The highest BCUT2D eigenvalue weighted by Crippen LogP contribution is 2.20. The number of benzene rings is 1. The number of carbonyl (C=O) groups excluding carboxylic acids is 1. The third kappa shape index (κ3) is 5.50. The topological polar surface area (TPSA) is 32.8 Å². The fourth-order valence-electron chi connectivity index (χ4n) is 2.80. The molecule has 4 nitrogen and oxygen atoms in total. The molecule has 0 bridgehead atoms. The van der Waals surface area contributed by atoms with Crippen molar-refractivity contribution in [3.05, 3.63) is 35.6 Å². The molecule has 0 N–H and O–H groups in total. The Kier molecular flexibility index (Phi) is 5.63. The van der Waals surface area contributed by atoms with Gasteiger partial charge in [0.15, 0.2) is 0 Å². The first-order valence-electron chi connectivity index (χ1n) is 8.17. The van der Waals surface area contributed by atoms with Crippen LogP contribution in [-0.4, -0.2) is 47.7 Å².